The average Bonchev–Trinajstić information content (AvgIpc) is 2.25. The van der Waals surface area contributed by atoms with Crippen molar-refractivity contribution in [1.82, 2.24) is 15.6 Å². The van der Waals surface area contributed by atoms with Gasteiger partial charge in [-0.25, -0.2) is 4.98 Å². The molecule has 1 saturated heterocycles. The maximum absolute atomic E-state index is 12.4. The smallest absolute Gasteiger partial charge is 0.352 e. The van der Waals surface area contributed by atoms with Crippen molar-refractivity contribution in [1.29, 1.82) is 0 Å². The Balaban J connectivity index is 0.00000200. The summed E-state index contributed by atoms with van der Waals surface area (Å²) in [5, 5.41) is 5.77. The Morgan fingerprint density at radius 1 is 1.45 bits per heavy atom. The molecular weight excluding hydrogens is 295 g/mol. The van der Waals surface area contributed by atoms with Gasteiger partial charge in [-0.2, -0.15) is 13.2 Å². The fraction of sp³-hybridized carbons (Fsp3) is 0.500. The second kappa shape index (κ2) is 6.41. The largest absolute Gasteiger partial charge is 0.433 e. The normalized spacial score (nSPS) is 15.2. The molecule has 0 atom stereocenters. The van der Waals surface area contributed by atoms with E-state index < -0.39 is 11.9 Å². The van der Waals surface area contributed by atoms with Crippen molar-refractivity contribution in [2.45, 2.75) is 13.1 Å². The number of amides is 1. The number of halogens is 4. The van der Waals surface area contributed by atoms with Gasteiger partial charge in [0.15, 0.2) is 0 Å². The van der Waals surface area contributed by atoms with Gasteiger partial charge < -0.3 is 10.6 Å². The molecule has 1 aliphatic rings. The van der Waals surface area contributed by atoms with Crippen LogP contribution in [0.25, 0.3) is 0 Å². The number of rotatable bonds is 3. The first kappa shape index (κ1) is 16.7. The molecule has 2 N–H and O–H groups in total. The van der Waals surface area contributed by atoms with Crippen LogP contribution in [0.1, 0.15) is 21.7 Å². The van der Waals surface area contributed by atoms with Crippen LogP contribution in [0.3, 0.4) is 0 Å². The van der Waals surface area contributed by atoms with E-state index in [1.54, 1.807) is 0 Å². The van der Waals surface area contributed by atoms with Crippen LogP contribution >= 0.6 is 12.4 Å². The maximum Gasteiger partial charge on any atom is 0.433 e. The summed E-state index contributed by atoms with van der Waals surface area (Å²) in [5.74, 6) is 0.0114. The Morgan fingerprint density at radius 3 is 2.55 bits per heavy atom. The van der Waals surface area contributed by atoms with Crippen molar-refractivity contribution < 1.29 is 18.0 Å². The van der Waals surface area contributed by atoms with Gasteiger partial charge in [0.2, 0.25) is 0 Å². The highest BCUT2D eigenvalue weighted by molar-refractivity contribution is 5.95. The number of nitrogens with zero attached hydrogens (tertiary/aromatic N) is 1. The molecule has 1 aromatic rings. The SMILES string of the molecule is Cc1nc(C(F)(F)F)ccc1C(=O)NCC1CNC1.Cl. The summed E-state index contributed by atoms with van der Waals surface area (Å²) in [4.78, 5) is 15.2. The predicted molar refractivity (Wildman–Crippen MR) is 69.9 cm³/mol. The zero-order valence-electron chi connectivity index (χ0n) is 10.8. The number of nitrogens with one attached hydrogen (secondary N) is 2. The number of carbonyl (C=O) groups is 1. The third-order valence-electron chi connectivity index (χ3n) is 3.04. The molecule has 0 saturated carbocycles. The van der Waals surface area contributed by atoms with Crippen LogP contribution in [0.4, 0.5) is 13.2 Å². The lowest BCUT2D eigenvalue weighted by molar-refractivity contribution is -0.141. The molecule has 2 rings (SSSR count). The minimum Gasteiger partial charge on any atom is -0.352 e. The van der Waals surface area contributed by atoms with Crippen molar-refractivity contribution in [2.75, 3.05) is 19.6 Å². The van der Waals surface area contributed by atoms with E-state index in [1.165, 1.54) is 13.0 Å². The molecule has 20 heavy (non-hydrogen) atoms. The molecule has 0 aliphatic carbocycles. The first-order valence-corrected chi connectivity index (χ1v) is 5.91. The van der Waals surface area contributed by atoms with Crippen LogP contribution in [-0.2, 0) is 6.18 Å². The van der Waals surface area contributed by atoms with Crippen LogP contribution in [-0.4, -0.2) is 30.5 Å². The van der Waals surface area contributed by atoms with Gasteiger partial charge in [-0.05, 0) is 19.1 Å². The third kappa shape index (κ3) is 3.83. The standard InChI is InChI=1S/C12H14F3N3O.ClH/c1-7-9(2-3-10(18-7)12(13,14)15)11(19)17-6-8-4-16-5-8;/h2-3,8,16H,4-6H2,1H3,(H,17,19);1H. The van der Waals surface area contributed by atoms with Gasteiger partial charge in [-0.3, -0.25) is 4.79 Å². The lowest BCUT2D eigenvalue weighted by atomic mass is 10.0. The molecule has 1 fully saturated rings. The summed E-state index contributed by atoms with van der Waals surface area (Å²) >= 11 is 0. The average molecular weight is 310 g/mol. The highest BCUT2D eigenvalue weighted by Crippen LogP contribution is 2.28. The Bertz CT molecular complexity index is 489. The molecule has 0 aromatic carbocycles. The molecule has 4 nitrogen and oxygen atoms in total. The van der Waals surface area contributed by atoms with Crippen LogP contribution in [0.5, 0.6) is 0 Å². The topological polar surface area (TPSA) is 54.0 Å². The molecule has 1 amide bonds. The first-order valence-electron chi connectivity index (χ1n) is 5.91. The zero-order chi connectivity index (χ0) is 14.0. The number of hydrogen-bond acceptors (Lipinski definition) is 3. The van der Waals surface area contributed by atoms with Crippen LogP contribution in [0.2, 0.25) is 0 Å². The molecule has 0 bridgehead atoms. The molecule has 0 unspecified atom stereocenters. The predicted octanol–water partition coefficient (Wildman–Crippen LogP) is 1.78. The number of hydrogen-bond donors (Lipinski definition) is 2. The van der Waals surface area contributed by atoms with E-state index in [-0.39, 0.29) is 29.6 Å². The van der Waals surface area contributed by atoms with Crippen molar-refractivity contribution in [3.05, 3.63) is 29.1 Å². The fourth-order valence-corrected chi connectivity index (χ4v) is 1.78. The maximum atomic E-state index is 12.4. The summed E-state index contributed by atoms with van der Waals surface area (Å²) in [7, 11) is 0. The summed E-state index contributed by atoms with van der Waals surface area (Å²) < 4.78 is 37.3. The number of pyridine rings is 1. The van der Waals surface area contributed by atoms with Crippen molar-refractivity contribution in [3.63, 3.8) is 0 Å². The van der Waals surface area contributed by atoms with Crippen molar-refractivity contribution >= 4 is 18.3 Å². The quantitative estimate of drug-likeness (QED) is 0.895. The minimum atomic E-state index is -4.49. The fourth-order valence-electron chi connectivity index (χ4n) is 1.78. The summed E-state index contributed by atoms with van der Waals surface area (Å²) in [6, 6.07) is 1.99. The van der Waals surface area contributed by atoms with Gasteiger partial charge in [-0.15, -0.1) is 12.4 Å². The number of aryl methyl sites for hydroxylation is 1. The van der Waals surface area contributed by atoms with Gasteiger partial charge >= 0.3 is 6.18 Å². The molecule has 2 heterocycles. The monoisotopic (exact) mass is 309 g/mol. The lowest BCUT2D eigenvalue weighted by Gasteiger charge is -2.27. The van der Waals surface area contributed by atoms with Gasteiger partial charge in [-0.1, -0.05) is 0 Å². The zero-order valence-corrected chi connectivity index (χ0v) is 11.6. The second-order valence-electron chi connectivity index (χ2n) is 4.56. The Hall–Kier alpha value is -1.34. The van der Waals surface area contributed by atoms with Crippen LogP contribution in [0, 0.1) is 12.8 Å². The third-order valence-corrected chi connectivity index (χ3v) is 3.04. The molecule has 1 aliphatic heterocycles. The van der Waals surface area contributed by atoms with Crippen molar-refractivity contribution in [3.8, 4) is 0 Å². The van der Waals surface area contributed by atoms with Gasteiger partial charge in [0.25, 0.3) is 5.91 Å². The van der Waals surface area contributed by atoms with E-state index in [0.29, 0.717) is 12.5 Å². The highest BCUT2D eigenvalue weighted by Gasteiger charge is 2.33. The summed E-state index contributed by atoms with van der Waals surface area (Å²) in [6.45, 7) is 3.62. The summed E-state index contributed by atoms with van der Waals surface area (Å²) in [5.41, 5.74) is -0.718. The first-order chi connectivity index (χ1) is 8.88. The molecular formula is C12H15ClF3N3O. The van der Waals surface area contributed by atoms with E-state index in [2.05, 4.69) is 15.6 Å². The van der Waals surface area contributed by atoms with E-state index in [9.17, 15) is 18.0 Å². The molecule has 8 heteroatoms. The Morgan fingerprint density at radius 2 is 2.10 bits per heavy atom. The van der Waals surface area contributed by atoms with E-state index in [1.807, 2.05) is 0 Å². The van der Waals surface area contributed by atoms with Crippen LogP contribution in [0.15, 0.2) is 12.1 Å². The molecule has 0 spiro atoms. The van der Waals surface area contributed by atoms with Crippen molar-refractivity contribution in [2.24, 2.45) is 5.92 Å². The van der Waals surface area contributed by atoms with E-state index >= 15 is 0 Å². The second-order valence-corrected chi connectivity index (χ2v) is 4.56. The minimum absolute atomic E-state index is 0. The Labute approximate surface area is 120 Å². The van der Waals surface area contributed by atoms with E-state index in [0.717, 1.165) is 19.2 Å². The highest BCUT2D eigenvalue weighted by atomic mass is 35.5. The van der Waals surface area contributed by atoms with Gasteiger partial charge in [0.05, 0.1) is 11.3 Å². The molecule has 0 radical (unpaired) electrons. The molecule has 1 aromatic heterocycles. The van der Waals surface area contributed by atoms with Gasteiger partial charge in [0.1, 0.15) is 5.69 Å². The number of aromatic nitrogens is 1. The number of carbonyl (C=O) groups excluding carboxylic acids is 1. The Kier molecular flexibility index (Phi) is 5.35. The van der Waals surface area contributed by atoms with E-state index in [4.69, 9.17) is 0 Å². The summed E-state index contributed by atoms with van der Waals surface area (Å²) in [6.07, 6.45) is -4.49. The number of alkyl halides is 3. The van der Waals surface area contributed by atoms with Gasteiger partial charge in [0, 0.05) is 25.6 Å². The lowest BCUT2D eigenvalue weighted by Crippen LogP contribution is -2.48. The van der Waals surface area contributed by atoms with Crippen LogP contribution < -0.4 is 10.6 Å². The molecule has 112 valence electrons.